The zero-order valence-electron chi connectivity index (χ0n) is 4.39. The zero-order chi connectivity index (χ0) is 5.70. The zero-order valence-corrected chi connectivity index (χ0v) is 5.54. The minimum absolute atomic E-state index is 0.762. The van der Waals surface area contributed by atoms with Gasteiger partial charge in [-0.25, -0.2) is 0 Å². The standard InChI is InChI=1S/C5H10NP/c1-2-3-4-5(6)7/h2-4H,6-7H2,1H3/b3-2-,5-4-. The molecule has 0 fully saturated rings. The van der Waals surface area contributed by atoms with E-state index in [1.54, 1.807) is 0 Å². The molecule has 0 amide bonds. The van der Waals surface area contributed by atoms with Gasteiger partial charge in [-0.05, 0) is 13.0 Å². The van der Waals surface area contributed by atoms with Crippen LogP contribution in [0.15, 0.2) is 23.7 Å². The highest BCUT2D eigenvalue weighted by molar-refractivity contribution is 7.22. The minimum atomic E-state index is 0.762. The molecular formula is C5H10NP. The molecular weight excluding hydrogens is 105 g/mol. The van der Waals surface area contributed by atoms with Gasteiger partial charge in [-0.15, -0.1) is 0 Å². The van der Waals surface area contributed by atoms with E-state index >= 15 is 0 Å². The highest BCUT2D eigenvalue weighted by atomic mass is 31.0. The van der Waals surface area contributed by atoms with Crippen LogP contribution in [0, 0.1) is 0 Å². The van der Waals surface area contributed by atoms with Gasteiger partial charge in [0.1, 0.15) is 0 Å². The van der Waals surface area contributed by atoms with Crippen LogP contribution in [0.1, 0.15) is 6.92 Å². The van der Waals surface area contributed by atoms with Crippen LogP contribution in [0.25, 0.3) is 0 Å². The Kier molecular flexibility index (Phi) is 3.72. The molecule has 0 aliphatic rings. The van der Waals surface area contributed by atoms with Crippen LogP contribution < -0.4 is 5.73 Å². The summed E-state index contributed by atoms with van der Waals surface area (Å²) in [5, 5.41) is 0. The molecule has 0 bridgehead atoms. The third kappa shape index (κ3) is 5.71. The molecule has 0 radical (unpaired) electrons. The molecule has 0 aliphatic heterocycles. The molecule has 0 aromatic carbocycles. The molecule has 0 aromatic rings. The van der Waals surface area contributed by atoms with E-state index in [1.165, 1.54) is 0 Å². The SMILES string of the molecule is C/C=C\C=C(\N)P. The second kappa shape index (κ2) is 3.89. The van der Waals surface area contributed by atoms with Crippen molar-refractivity contribution in [3.8, 4) is 0 Å². The maximum atomic E-state index is 5.25. The lowest BCUT2D eigenvalue weighted by atomic mass is 10.5. The molecule has 7 heavy (non-hydrogen) atoms. The van der Waals surface area contributed by atoms with Crippen LogP contribution in [0.4, 0.5) is 0 Å². The van der Waals surface area contributed by atoms with Crippen molar-refractivity contribution in [2.45, 2.75) is 6.92 Å². The predicted octanol–water partition coefficient (Wildman–Crippen LogP) is 1.24. The molecule has 0 saturated carbocycles. The monoisotopic (exact) mass is 115 g/mol. The fourth-order valence-corrected chi connectivity index (χ4v) is 0.318. The van der Waals surface area contributed by atoms with Crippen molar-refractivity contribution in [2.75, 3.05) is 0 Å². The Hall–Kier alpha value is -0.290. The van der Waals surface area contributed by atoms with Crippen molar-refractivity contribution < 1.29 is 0 Å². The van der Waals surface area contributed by atoms with Gasteiger partial charge in [0.25, 0.3) is 0 Å². The summed E-state index contributed by atoms with van der Waals surface area (Å²) >= 11 is 0. The summed E-state index contributed by atoms with van der Waals surface area (Å²) in [5.41, 5.74) is 6.01. The Labute approximate surface area is 46.5 Å². The van der Waals surface area contributed by atoms with Gasteiger partial charge in [-0.3, -0.25) is 0 Å². The molecule has 40 valence electrons. The summed E-state index contributed by atoms with van der Waals surface area (Å²) in [4.78, 5) is 0. The van der Waals surface area contributed by atoms with Crippen LogP contribution in [-0.2, 0) is 0 Å². The van der Waals surface area contributed by atoms with Crippen molar-refractivity contribution >= 4 is 9.24 Å². The Morgan fingerprint density at radius 1 is 1.71 bits per heavy atom. The van der Waals surface area contributed by atoms with Crippen LogP contribution in [0.2, 0.25) is 0 Å². The molecule has 1 nitrogen and oxygen atoms in total. The molecule has 0 heterocycles. The number of hydrogen-bond donors (Lipinski definition) is 1. The topological polar surface area (TPSA) is 26.0 Å². The third-order valence-corrected chi connectivity index (χ3v) is 0.674. The number of rotatable bonds is 1. The average Bonchev–Trinajstić information content (AvgIpc) is 1.61. The lowest BCUT2D eigenvalue weighted by molar-refractivity contribution is 1.54. The van der Waals surface area contributed by atoms with Crippen molar-refractivity contribution in [1.82, 2.24) is 0 Å². The number of nitrogens with two attached hydrogens (primary N) is 1. The van der Waals surface area contributed by atoms with Crippen LogP contribution in [0.5, 0.6) is 0 Å². The molecule has 1 unspecified atom stereocenters. The molecule has 2 N–H and O–H groups in total. The van der Waals surface area contributed by atoms with E-state index in [0.29, 0.717) is 0 Å². The Bertz CT molecular complexity index is 90.3. The van der Waals surface area contributed by atoms with E-state index in [1.807, 2.05) is 25.2 Å². The highest BCUT2D eigenvalue weighted by Crippen LogP contribution is 1.93. The molecule has 0 aromatic heterocycles. The third-order valence-electron chi connectivity index (χ3n) is 0.481. The fourth-order valence-electron chi connectivity index (χ4n) is 0.207. The molecule has 0 aliphatic carbocycles. The maximum Gasteiger partial charge on any atom is 0.0254 e. The Balaban J connectivity index is 3.46. The van der Waals surface area contributed by atoms with Gasteiger partial charge in [-0.1, -0.05) is 21.4 Å². The van der Waals surface area contributed by atoms with Crippen molar-refractivity contribution in [1.29, 1.82) is 0 Å². The lowest BCUT2D eigenvalue weighted by Gasteiger charge is -1.79. The highest BCUT2D eigenvalue weighted by Gasteiger charge is 1.65. The largest absolute Gasteiger partial charge is 0.399 e. The second-order valence-electron chi connectivity index (χ2n) is 1.19. The van der Waals surface area contributed by atoms with Gasteiger partial charge >= 0.3 is 0 Å². The summed E-state index contributed by atoms with van der Waals surface area (Å²) in [6.45, 7) is 1.95. The van der Waals surface area contributed by atoms with E-state index in [-0.39, 0.29) is 0 Å². The maximum absolute atomic E-state index is 5.25. The lowest BCUT2D eigenvalue weighted by Crippen LogP contribution is -1.82. The van der Waals surface area contributed by atoms with Crippen molar-refractivity contribution in [3.63, 3.8) is 0 Å². The van der Waals surface area contributed by atoms with Crippen LogP contribution >= 0.6 is 9.24 Å². The van der Waals surface area contributed by atoms with E-state index in [0.717, 1.165) is 5.44 Å². The molecule has 1 atom stereocenters. The van der Waals surface area contributed by atoms with E-state index < -0.39 is 0 Å². The second-order valence-corrected chi connectivity index (χ2v) is 1.86. The summed E-state index contributed by atoms with van der Waals surface area (Å²) < 4.78 is 0. The quantitative estimate of drug-likeness (QED) is 0.403. The smallest absolute Gasteiger partial charge is 0.0254 e. The minimum Gasteiger partial charge on any atom is -0.399 e. The molecule has 0 spiro atoms. The first-order valence-electron chi connectivity index (χ1n) is 2.11. The van der Waals surface area contributed by atoms with Gasteiger partial charge < -0.3 is 5.73 Å². The first-order valence-corrected chi connectivity index (χ1v) is 2.69. The van der Waals surface area contributed by atoms with Crippen molar-refractivity contribution in [2.24, 2.45) is 5.73 Å². The van der Waals surface area contributed by atoms with Crippen LogP contribution in [-0.4, -0.2) is 0 Å². The van der Waals surface area contributed by atoms with Gasteiger partial charge in [0.15, 0.2) is 0 Å². The first-order chi connectivity index (χ1) is 3.27. The Morgan fingerprint density at radius 3 is 2.43 bits per heavy atom. The van der Waals surface area contributed by atoms with E-state index in [9.17, 15) is 0 Å². The fraction of sp³-hybridized carbons (Fsp3) is 0.200. The first kappa shape index (κ1) is 6.71. The normalized spacial score (nSPS) is 13.1. The van der Waals surface area contributed by atoms with Crippen molar-refractivity contribution in [3.05, 3.63) is 23.7 Å². The van der Waals surface area contributed by atoms with Crippen LogP contribution in [0.3, 0.4) is 0 Å². The number of allylic oxidation sites excluding steroid dienone is 3. The Morgan fingerprint density at radius 2 is 2.29 bits per heavy atom. The molecule has 0 saturated heterocycles. The van der Waals surface area contributed by atoms with E-state index in [4.69, 9.17) is 5.73 Å². The van der Waals surface area contributed by atoms with Gasteiger partial charge in [0, 0.05) is 5.44 Å². The summed E-state index contributed by atoms with van der Waals surface area (Å²) in [7, 11) is 2.40. The average molecular weight is 115 g/mol. The summed E-state index contributed by atoms with van der Waals surface area (Å²) in [5.74, 6) is 0. The summed E-state index contributed by atoms with van der Waals surface area (Å²) in [6, 6.07) is 0. The van der Waals surface area contributed by atoms with E-state index in [2.05, 4.69) is 9.24 Å². The molecule has 2 heteroatoms. The van der Waals surface area contributed by atoms with Gasteiger partial charge in [0.2, 0.25) is 0 Å². The van der Waals surface area contributed by atoms with Gasteiger partial charge in [0.05, 0.1) is 0 Å². The molecule has 0 rings (SSSR count). The predicted molar refractivity (Wildman–Crippen MR) is 36.8 cm³/mol. The summed E-state index contributed by atoms with van der Waals surface area (Å²) in [6.07, 6.45) is 5.64. The van der Waals surface area contributed by atoms with Gasteiger partial charge in [-0.2, -0.15) is 0 Å². The number of hydrogen-bond acceptors (Lipinski definition) is 1.